The number of nitrogens with zero attached hydrogens (tertiary/aromatic N) is 3. The van der Waals surface area contributed by atoms with Crippen LogP contribution in [0.15, 0.2) is 42.6 Å². The Morgan fingerprint density at radius 1 is 1.16 bits per heavy atom. The van der Waals surface area contributed by atoms with Crippen LogP contribution >= 0.6 is 0 Å². The first-order valence-electron chi connectivity index (χ1n) is 10.9. The number of morpholine rings is 1. The highest BCUT2D eigenvalue weighted by molar-refractivity contribution is 5.98. The average Bonchev–Trinajstić information content (AvgIpc) is 3.17. The summed E-state index contributed by atoms with van der Waals surface area (Å²) in [7, 11) is 0. The number of benzene rings is 1. The van der Waals surface area contributed by atoms with E-state index in [1.807, 2.05) is 26.0 Å². The van der Waals surface area contributed by atoms with Gasteiger partial charge in [0.15, 0.2) is 0 Å². The molecule has 1 aliphatic heterocycles. The molecule has 2 aromatic heterocycles. The molecule has 0 unspecified atom stereocenters. The van der Waals surface area contributed by atoms with Crippen LogP contribution in [-0.2, 0) is 11.2 Å². The Morgan fingerprint density at radius 3 is 2.66 bits per heavy atom. The Morgan fingerprint density at radius 2 is 1.97 bits per heavy atom. The molecule has 2 N–H and O–H groups in total. The molecule has 0 radical (unpaired) electrons. The quantitative estimate of drug-likeness (QED) is 0.522. The van der Waals surface area contributed by atoms with Gasteiger partial charge in [0, 0.05) is 54.2 Å². The van der Waals surface area contributed by atoms with Crippen molar-refractivity contribution in [3.63, 3.8) is 0 Å². The van der Waals surface area contributed by atoms with Gasteiger partial charge < -0.3 is 20.1 Å². The molecule has 2 aliphatic rings. The van der Waals surface area contributed by atoms with E-state index >= 15 is 0 Å². The zero-order chi connectivity index (χ0) is 22.2. The summed E-state index contributed by atoms with van der Waals surface area (Å²) < 4.78 is 11.1. The van der Waals surface area contributed by atoms with Crippen molar-refractivity contribution in [2.75, 3.05) is 31.2 Å². The summed E-state index contributed by atoms with van der Waals surface area (Å²) in [6.07, 6.45) is 2.41. The van der Waals surface area contributed by atoms with E-state index < -0.39 is 5.91 Å². The molecule has 3 aromatic rings. The van der Waals surface area contributed by atoms with Crippen molar-refractivity contribution in [1.29, 1.82) is 0 Å². The van der Waals surface area contributed by atoms with Crippen molar-refractivity contribution in [3.05, 3.63) is 59.3 Å². The molecule has 1 aromatic carbocycles. The Kier molecular flexibility index (Phi) is 5.27. The standard InChI is InChI=1S/C25H26N4O3/c1-15(2)32-23-6-3-16(14-27-23)22-13-21(25(26)30)20-12-17-11-18(29-7-9-31-10-8-29)4-5-19(17)24(20)28-22/h3-6,11,13-15H,7-10,12H2,1-2H3,(H2,26,30). The van der Waals surface area contributed by atoms with E-state index in [2.05, 4.69) is 28.1 Å². The van der Waals surface area contributed by atoms with E-state index in [9.17, 15) is 4.79 Å². The maximum absolute atomic E-state index is 12.3. The van der Waals surface area contributed by atoms with Crippen molar-refractivity contribution < 1.29 is 14.3 Å². The molecule has 1 aliphatic carbocycles. The zero-order valence-corrected chi connectivity index (χ0v) is 18.3. The predicted octanol–water partition coefficient (Wildman–Crippen LogP) is 3.44. The van der Waals surface area contributed by atoms with Crippen molar-refractivity contribution in [2.24, 2.45) is 5.73 Å². The number of carbonyl (C=O) groups excluding carboxylic acids is 1. The molecule has 32 heavy (non-hydrogen) atoms. The van der Waals surface area contributed by atoms with Gasteiger partial charge in [0.2, 0.25) is 11.8 Å². The SMILES string of the molecule is CC(C)Oc1ccc(-c2cc(C(N)=O)c3c(n2)-c2ccc(N4CCOCC4)cc2C3)cn1. The highest BCUT2D eigenvalue weighted by Gasteiger charge is 2.27. The summed E-state index contributed by atoms with van der Waals surface area (Å²) in [4.78, 5) is 23.9. The zero-order valence-electron chi connectivity index (χ0n) is 18.3. The lowest BCUT2D eigenvalue weighted by Gasteiger charge is -2.29. The minimum Gasteiger partial charge on any atom is -0.475 e. The smallest absolute Gasteiger partial charge is 0.249 e. The molecule has 7 nitrogen and oxygen atoms in total. The van der Waals surface area contributed by atoms with E-state index in [1.54, 1.807) is 12.3 Å². The number of amides is 1. The van der Waals surface area contributed by atoms with E-state index in [0.717, 1.165) is 54.3 Å². The first-order valence-corrected chi connectivity index (χ1v) is 10.9. The summed E-state index contributed by atoms with van der Waals surface area (Å²) in [5.41, 5.74) is 12.9. The number of fused-ring (bicyclic) bond motifs is 3. The van der Waals surface area contributed by atoms with Crippen molar-refractivity contribution >= 4 is 11.6 Å². The van der Waals surface area contributed by atoms with Crippen LogP contribution < -0.4 is 15.4 Å². The number of aromatic nitrogens is 2. The molecule has 0 spiro atoms. The number of carbonyl (C=O) groups is 1. The molecule has 1 amide bonds. The van der Waals surface area contributed by atoms with Gasteiger partial charge in [0.25, 0.3) is 0 Å². The number of hydrogen-bond donors (Lipinski definition) is 1. The summed E-state index contributed by atoms with van der Waals surface area (Å²) in [6.45, 7) is 7.15. The van der Waals surface area contributed by atoms with Crippen LogP contribution in [0.2, 0.25) is 0 Å². The van der Waals surface area contributed by atoms with Crippen molar-refractivity contribution in [1.82, 2.24) is 9.97 Å². The molecule has 0 bridgehead atoms. The van der Waals surface area contributed by atoms with Gasteiger partial charge in [-0.25, -0.2) is 9.97 Å². The van der Waals surface area contributed by atoms with Crippen LogP contribution in [0, 0.1) is 0 Å². The lowest BCUT2D eigenvalue weighted by Crippen LogP contribution is -2.36. The van der Waals surface area contributed by atoms with Crippen molar-refractivity contribution in [3.8, 4) is 28.4 Å². The minimum absolute atomic E-state index is 0.0480. The third-order valence-corrected chi connectivity index (χ3v) is 5.87. The number of ether oxygens (including phenoxy) is 2. The Bertz CT molecular complexity index is 1170. The third kappa shape index (κ3) is 3.80. The molecule has 3 heterocycles. The maximum Gasteiger partial charge on any atom is 0.249 e. The highest BCUT2D eigenvalue weighted by Crippen LogP contribution is 2.40. The van der Waals surface area contributed by atoms with Gasteiger partial charge in [-0.15, -0.1) is 0 Å². The first kappa shape index (κ1) is 20.5. The van der Waals surface area contributed by atoms with Crippen LogP contribution in [-0.4, -0.2) is 48.3 Å². The van der Waals surface area contributed by atoms with Gasteiger partial charge in [0.05, 0.1) is 30.7 Å². The third-order valence-electron chi connectivity index (χ3n) is 5.87. The largest absolute Gasteiger partial charge is 0.475 e. The maximum atomic E-state index is 12.3. The summed E-state index contributed by atoms with van der Waals surface area (Å²) >= 11 is 0. The molecule has 1 saturated heterocycles. The fourth-order valence-corrected chi connectivity index (χ4v) is 4.35. The fraction of sp³-hybridized carbons (Fsp3) is 0.320. The van der Waals surface area contributed by atoms with E-state index in [4.69, 9.17) is 20.2 Å². The minimum atomic E-state index is -0.446. The molecular formula is C25H26N4O3. The van der Waals surface area contributed by atoms with Crippen LogP contribution in [0.1, 0.15) is 35.3 Å². The number of hydrogen-bond acceptors (Lipinski definition) is 6. The molecular weight excluding hydrogens is 404 g/mol. The summed E-state index contributed by atoms with van der Waals surface area (Å²) in [6, 6.07) is 11.9. The first-order chi connectivity index (χ1) is 15.5. The predicted molar refractivity (Wildman–Crippen MR) is 123 cm³/mol. The molecule has 164 valence electrons. The second kappa shape index (κ2) is 8.24. The van der Waals surface area contributed by atoms with Gasteiger partial charge in [-0.2, -0.15) is 0 Å². The Labute approximate surface area is 187 Å². The van der Waals surface area contributed by atoms with Gasteiger partial charge in [-0.1, -0.05) is 6.07 Å². The number of rotatable bonds is 5. The van der Waals surface area contributed by atoms with E-state index in [-0.39, 0.29) is 6.10 Å². The van der Waals surface area contributed by atoms with E-state index in [0.29, 0.717) is 23.6 Å². The molecule has 0 atom stereocenters. The van der Waals surface area contributed by atoms with Crippen molar-refractivity contribution in [2.45, 2.75) is 26.4 Å². The van der Waals surface area contributed by atoms with Gasteiger partial charge >= 0.3 is 0 Å². The summed E-state index contributed by atoms with van der Waals surface area (Å²) in [5, 5.41) is 0. The summed E-state index contributed by atoms with van der Waals surface area (Å²) in [5.74, 6) is 0.111. The normalized spacial score (nSPS) is 14.9. The average molecular weight is 431 g/mol. The fourth-order valence-electron chi connectivity index (χ4n) is 4.35. The van der Waals surface area contributed by atoms with Crippen LogP contribution in [0.4, 0.5) is 5.69 Å². The second-order valence-corrected chi connectivity index (χ2v) is 8.42. The van der Waals surface area contributed by atoms with Gasteiger partial charge in [0.1, 0.15) is 0 Å². The second-order valence-electron chi connectivity index (χ2n) is 8.42. The molecule has 1 fully saturated rings. The molecule has 7 heteroatoms. The van der Waals surface area contributed by atoms with Gasteiger partial charge in [-0.05, 0) is 49.2 Å². The molecule has 5 rings (SSSR count). The molecule has 0 saturated carbocycles. The highest BCUT2D eigenvalue weighted by atomic mass is 16.5. The van der Waals surface area contributed by atoms with Crippen LogP contribution in [0.3, 0.4) is 0 Å². The lowest BCUT2D eigenvalue weighted by atomic mass is 10.0. The van der Waals surface area contributed by atoms with Gasteiger partial charge in [-0.3, -0.25) is 4.79 Å². The van der Waals surface area contributed by atoms with Crippen LogP contribution in [0.5, 0.6) is 5.88 Å². The van der Waals surface area contributed by atoms with E-state index in [1.165, 1.54) is 5.69 Å². The monoisotopic (exact) mass is 430 g/mol. The number of anilines is 1. The Balaban J connectivity index is 1.53. The number of nitrogens with two attached hydrogens (primary N) is 1. The Hall–Kier alpha value is -3.45. The number of pyridine rings is 2. The number of primary amides is 1. The lowest BCUT2D eigenvalue weighted by molar-refractivity contribution is 0.0999. The topological polar surface area (TPSA) is 90.6 Å². The van der Waals surface area contributed by atoms with Crippen LogP contribution in [0.25, 0.3) is 22.5 Å².